The van der Waals surface area contributed by atoms with Crippen LogP contribution in [0.5, 0.6) is 0 Å². The molecular formula is C15H23NO. The third-order valence-electron chi connectivity index (χ3n) is 3.71. The van der Waals surface area contributed by atoms with Gasteiger partial charge in [0.15, 0.2) is 0 Å². The SMILES string of the molecule is CC[C@H](O)c1ccc(N2CCC(C)(C)C2)cc1. The van der Waals surface area contributed by atoms with Gasteiger partial charge in [-0.25, -0.2) is 0 Å². The highest BCUT2D eigenvalue weighted by Gasteiger charge is 2.29. The van der Waals surface area contributed by atoms with Crippen LogP contribution in [0.1, 0.15) is 45.3 Å². The van der Waals surface area contributed by atoms with Crippen molar-refractivity contribution >= 4 is 5.69 Å². The van der Waals surface area contributed by atoms with E-state index < -0.39 is 0 Å². The predicted molar refractivity (Wildman–Crippen MR) is 72.3 cm³/mol. The van der Waals surface area contributed by atoms with E-state index in [0.717, 1.165) is 25.1 Å². The molecule has 0 saturated carbocycles. The molecule has 1 aromatic carbocycles. The van der Waals surface area contributed by atoms with Crippen LogP contribution in [0.2, 0.25) is 0 Å². The molecule has 0 aromatic heterocycles. The molecule has 2 heteroatoms. The summed E-state index contributed by atoms with van der Waals surface area (Å²) in [4.78, 5) is 2.43. The van der Waals surface area contributed by atoms with Crippen molar-refractivity contribution in [1.82, 2.24) is 0 Å². The Bertz CT molecular complexity index is 369. The van der Waals surface area contributed by atoms with Gasteiger partial charge in [-0.2, -0.15) is 0 Å². The number of anilines is 1. The second-order valence-corrected chi connectivity index (χ2v) is 5.85. The minimum absolute atomic E-state index is 0.320. The predicted octanol–water partition coefficient (Wildman–Crippen LogP) is 3.37. The zero-order valence-electron chi connectivity index (χ0n) is 11.1. The highest BCUT2D eigenvalue weighted by molar-refractivity contribution is 5.49. The first kappa shape index (κ1) is 12.4. The maximum Gasteiger partial charge on any atom is 0.0787 e. The van der Waals surface area contributed by atoms with Gasteiger partial charge in [-0.3, -0.25) is 0 Å². The standard InChI is InChI=1S/C15H23NO/c1-4-14(17)12-5-7-13(8-6-12)16-10-9-15(2,3)11-16/h5-8,14,17H,4,9-11H2,1-3H3/t14-/m0/s1. The topological polar surface area (TPSA) is 23.5 Å². The molecule has 0 radical (unpaired) electrons. The number of benzene rings is 1. The quantitative estimate of drug-likeness (QED) is 0.865. The summed E-state index contributed by atoms with van der Waals surface area (Å²) < 4.78 is 0. The maximum atomic E-state index is 9.75. The Balaban J connectivity index is 2.09. The fourth-order valence-corrected chi connectivity index (χ4v) is 2.48. The summed E-state index contributed by atoms with van der Waals surface area (Å²) in [6, 6.07) is 8.37. The lowest BCUT2D eigenvalue weighted by molar-refractivity contribution is 0.173. The van der Waals surface area contributed by atoms with Crippen molar-refractivity contribution in [3.8, 4) is 0 Å². The highest BCUT2D eigenvalue weighted by Crippen LogP contribution is 2.32. The number of aliphatic hydroxyl groups is 1. The largest absolute Gasteiger partial charge is 0.388 e. The van der Waals surface area contributed by atoms with E-state index in [9.17, 15) is 5.11 Å². The fourth-order valence-electron chi connectivity index (χ4n) is 2.48. The first-order valence-electron chi connectivity index (χ1n) is 6.55. The molecule has 2 rings (SSSR count). The number of aliphatic hydroxyl groups excluding tert-OH is 1. The second-order valence-electron chi connectivity index (χ2n) is 5.85. The molecule has 1 heterocycles. The molecule has 1 aliphatic rings. The maximum absolute atomic E-state index is 9.75. The van der Waals surface area contributed by atoms with Gasteiger partial charge in [0, 0.05) is 18.8 Å². The van der Waals surface area contributed by atoms with E-state index in [4.69, 9.17) is 0 Å². The van der Waals surface area contributed by atoms with Crippen LogP contribution in [0.3, 0.4) is 0 Å². The van der Waals surface area contributed by atoms with Gasteiger partial charge < -0.3 is 10.0 Å². The third-order valence-corrected chi connectivity index (χ3v) is 3.71. The molecule has 0 aliphatic carbocycles. The second kappa shape index (κ2) is 4.69. The van der Waals surface area contributed by atoms with Crippen molar-refractivity contribution in [1.29, 1.82) is 0 Å². The molecule has 1 atom stereocenters. The van der Waals surface area contributed by atoms with Crippen molar-refractivity contribution in [2.45, 2.75) is 39.7 Å². The normalized spacial score (nSPS) is 20.6. The zero-order valence-corrected chi connectivity index (χ0v) is 11.1. The minimum Gasteiger partial charge on any atom is -0.388 e. The first-order chi connectivity index (χ1) is 8.02. The van der Waals surface area contributed by atoms with Gasteiger partial charge in [-0.15, -0.1) is 0 Å². The lowest BCUT2D eigenvalue weighted by Gasteiger charge is -2.22. The molecule has 0 spiro atoms. The molecule has 1 aliphatic heterocycles. The van der Waals surface area contributed by atoms with Crippen molar-refractivity contribution in [3.63, 3.8) is 0 Å². The number of nitrogens with zero attached hydrogens (tertiary/aromatic N) is 1. The molecule has 1 aromatic rings. The van der Waals surface area contributed by atoms with Gasteiger partial charge in [0.25, 0.3) is 0 Å². The Labute approximate surface area is 104 Å². The molecule has 1 saturated heterocycles. The van der Waals surface area contributed by atoms with E-state index in [0.29, 0.717) is 5.41 Å². The van der Waals surface area contributed by atoms with Gasteiger partial charge in [-0.05, 0) is 36.0 Å². The summed E-state index contributed by atoms with van der Waals surface area (Å²) in [6.45, 7) is 8.91. The lowest BCUT2D eigenvalue weighted by Crippen LogP contribution is -2.22. The minimum atomic E-state index is -0.320. The summed E-state index contributed by atoms with van der Waals surface area (Å²) in [5, 5.41) is 9.75. The average Bonchev–Trinajstić information content (AvgIpc) is 2.69. The molecule has 94 valence electrons. The van der Waals surface area contributed by atoms with Crippen molar-refractivity contribution in [2.24, 2.45) is 5.41 Å². The molecule has 0 amide bonds. The summed E-state index contributed by atoms with van der Waals surface area (Å²) in [7, 11) is 0. The van der Waals surface area contributed by atoms with E-state index >= 15 is 0 Å². The van der Waals surface area contributed by atoms with E-state index in [-0.39, 0.29) is 6.10 Å². The molecule has 2 nitrogen and oxygen atoms in total. The first-order valence-corrected chi connectivity index (χ1v) is 6.55. The lowest BCUT2D eigenvalue weighted by atomic mass is 9.93. The average molecular weight is 233 g/mol. The number of hydrogen-bond acceptors (Lipinski definition) is 2. The Morgan fingerprint density at radius 2 is 1.94 bits per heavy atom. The van der Waals surface area contributed by atoms with E-state index in [1.54, 1.807) is 0 Å². The van der Waals surface area contributed by atoms with E-state index in [2.05, 4.69) is 43.0 Å². The number of hydrogen-bond donors (Lipinski definition) is 1. The van der Waals surface area contributed by atoms with Gasteiger partial charge in [0.1, 0.15) is 0 Å². The smallest absolute Gasteiger partial charge is 0.0787 e. The monoisotopic (exact) mass is 233 g/mol. The van der Waals surface area contributed by atoms with Crippen molar-refractivity contribution in [3.05, 3.63) is 29.8 Å². The third kappa shape index (κ3) is 2.81. The van der Waals surface area contributed by atoms with Crippen molar-refractivity contribution < 1.29 is 5.11 Å². The van der Waals surface area contributed by atoms with Crippen LogP contribution < -0.4 is 4.90 Å². The molecular weight excluding hydrogens is 210 g/mol. The van der Waals surface area contributed by atoms with Crippen LogP contribution in [0.15, 0.2) is 24.3 Å². The Morgan fingerprint density at radius 1 is 1.29 bits per heavy atom. The van der Waals surface area contributed by atoms with E-state index in [1.165, 1.54) is 12.1 Å². The summed E-state index contributed by atoms with van der Waals surface area (Å²) in [5.41, 5.74) is 2.74. The summed E-state index contributed by atoms with van der Waals surface area (Å²) in [5.74, 6) is 0. The van der Waals surface area contributed by atoms with Gasteiger partial charge in [-0.1, -0.05) is 32.9 Å². The molecule has 0 bridgehead atoms. The van der Waals surface area contributed by atoms with Crippen LogP contribution in [-0.2, 0) is 0 Å². The van der Waals surface area contributed by atoms with Crippen LogP contribution in [-0.4, -0.2) is 18.2 Å². The summed E-state index contributed by atoms with van der Waals surface area (Å²) in [6.07, 6.45) is 1.71. The molecule has 17 heavy (non-hydrogen) atoms. The zero-order chi connectivity index (χ0) is 12.5. The van der Waals surface area contributed by atoms with Crippen LogP contribution in [0.25, 0.3) is 0 Å². The van der Waals surface area contributed by atoms with Gasteiger partial charge in [0.05, 0.1) is 6.10 Å². The molecule has 1 N–H and O–H groups in total. The Kier molecular flexibility index (Phi) is 3.43. The highest BCUT2D eigenvalue weighted by atomic mass is 16.3. The molecule has 1 fully saturated rings. The molecule has 0 unspecified atom stereocenters. The van der Waals surface area contributed by atoms with E-state index in [1.807, 2.05) is 6.92 Å². The fraction of sp³-hybridized carbons (Fsp3) is 0.600. The number of rotatable bonds is 3. The Hall–Kier alpha value is -1.02. The van der Waals surface area contributed by atoms with Gasteiger partial charge >= 0.3 is 0 Å². The van der Waals surface area contributed by atoms with Gasteiger partial charge in [0.2, 0.25) is 0 Å². The van der Waals surface area contributed by atoms with Crippen molar-refractivity contribution in [2.75, 3.05) is 18.0 Å². The van der Waals surface area contributed by atoms with Crippen LogP contribution in [0.4, 0.5) is 5.69 Å². The van der Waals surface area contributed by atoms with Crippen LogP contribution >= 0.6 is 0 Å². The Morgan fingerprint density at radius 3 is 2.41 bits per heavy atom. The summed E-state index contributed by atoms with van der Waals surface area (Å²) >= 11 is 0. The van der Waals surface area contributed by atoms with Crippen LogP contribution in [0, 0.1) is 5.41 Å².